The lowest BCUT2D eigenvalue weighted by molar-refractivity contribution is 0.624. The zero-order chi connectivity index (χ0) is 37.5. The van der Waals surface area contributed by atoms with Gasteiger partial charge in [0.1, 0.15) is 17.5 Å². The summed E-state index contributed by atoms with van der Waals surface area (Å²) in [5, 5.41) is 2.04. The Morgan fingerprint density at radius 1 is 0.706 bits per heavy atom. The monoisotopic (exact) mass is 678 g/mol. The number of fused-ring (bicyclic) bond motifs is 1. The molecule has 6 nitrogen and oxygen atoms in total. The second-order valence-electron chi connectivity index (χ2n) is 12.5. The molecule has 0 atom stereocenters. The molecule has 0 fully saturated rings. The fourth-order valence-corrected chi connectivity index (χ4v) is 5.32. The first-order valence-electron chi connectivity index (χ1n) is 17.6. The van der Waals surface area contributed by atoms with Crippen LogP contribution in [0.4, 0.5) is 11.6 Å². The van der Waals surface area contributed by atoms with E-state index in [-0.39, 0.29) is 0 Å². The van der Waals surface area contributed by atoms with Crippen molar-refractivity contribution in [1.82, 2.24) is 9.47 Å². The maximum Gasteiger partial charge on any atom is 0.142 e. The summed E-state index contributed by atoms with van der Waals surface area (Å²) in [5.74, 6) is 3.31. The first kappa shape index (κ1) is 39.8. The summed E-state index contributed by atoms with van der Waals surface area (Å²) in [7, 11) is 5.98. The second kappa shape index (κ2) is 19.5. The van der Waals surface area contributed by atoms with E-state index in [9.17, 15) is 0 Å². The van der Waals surface area contributed by atoms with Gasteiger partial charge in [0, 0.05) is 77.9 Å². The minimum absolute atomic E-state index is 0.662. The molecule has 0 aliphatic carbocycles. The minimum atomic E-state index is 0.662. The molecule has 0 radical (unpaired) electrons. The molecule has 0 aliphatic rings. The van der Waals surface area contributed by atoms with Crippen LogP contribution in [0.1, 0.15) is 76.3 Å². The van der Waals surface area contributed by atoms with Gasteiger partial charge in [0.15, 0.2) is 0 Å². The molecule has 264 valence electrons. The van der Waals surface area contributed by atoms with Crippen LogP contribution in [0.3, 0.4) is 0 Å². The molecule has 5 rings (SSSR count). The third-order valence-electron chi connectivity index (χ3n) is 7.52. The Kier molecular flexibility index (Phi) is 15.3. The van der Waals surface area contributed by atoms with Crippen molar-refractivity contribution < 1.29 is 0 Å². The number of rotatable bonds is 9. The number of hydrogen-bond donors (Lipinski definition) is 0. The number of amidine groups is 1. The Labute approximate surface area is 306 Å². The van der Waals surface area contributed by atoms with Crippen LogP contribution in [0.15, 0.2) is 136 Å². The first-order valence-corrected chi connectivity index (χ1v) is 17.6. The Morgan fingerprint density at radius 3 is 1.80 bits per heavy atom. The van der Waals surface area contributed by atoms with Crippen LogP contribution in [0.25, 0.3) is 22.2 Å². The van der Waals surface area contributed by atoms with Crippen molar-refractivity contribution in [2.24, 2.45) is 32.9 Å². The fraction of sp³-hybridized carbons (Fsp3) is 0.244. The van der Waals surface area contributed by atoms with Gasteiger partial charge in [-0.3, -0.25) is 4.99 Å². The lowest BCUT2D eigenvalue weighted by Gasteiger charge is -2.17. The van der Waals surface area contributed by atoms with E-state index in [2.05, 4.69) is 69.3 Å². The van der Waals surface area contributed by atoms with Crippen LogP contribution in [0, 0.1) is 5.92 Å². The summed E-state index contributed by atoms with van der Waals surface area (Å²) in [5.41, 5.74) is 7.05. The predicted molar refractivity (Wildman–Crippen MR) is 226 cm³/mol. The Morgan fingerprint density at radius 2 is 1.22 bits per heavy atom. The third kappa shape index (κ3) is 10.4. The number of aromatic nitrogens is 1. The van der Waals surface area contributed by atoms with E-state index in [4.69, 9.17) is 15.0 Å². The highest BCUT2D eigenvalue weighted by atomic mass is 15.1. The van der Waals surface area contributed by atoms with Crippen LogP contribution in [-0.4, -0.2) is 47.5 Å². The molecule has 0 saturated carbocycles. The van der Waals surface area contributed by atoms with Gasteiger partial charge < -0.3 is 9.47 Å². The van der Waals surface area contributed by atoms with Crippen molar-refractivity contribution in [3.05, 3.63) is 144 Å². The quantitative estimate of drug-likeness (QED) is 0.113. The van der Waals surface area contributed by atoms with Crippen molar-refractivity contribution in [1.29, 1.82) is 0 Å². The summed E-state index contributed by atoms with van der Waals surface area (Å²) >= 11 is 0. The molecule has 1 aromatic heterocycles. The lowest BCUT2D eigenvalue weighted by Crippen LogP contribution is -2.23. The molecule has 1 heterocycles. The maximum atomic E-state index is 5.14. The summed E-state index contributed by atoms with van der Waals surface area (Å²) in [4.78, 5) is 21.5. The van der Waals surface area contributed by atoms with Crippen LogP contribution < -0.4 is 0 Å². The topological polar surface area (TPSA) is 57.6 Å². The van der Waals surface area contributed by atoms with E-state index >= 15 is 0 Å². The third-order valence-corrected chi connectivity index (χ3v) is 7.52. The van der Waals surface area contributed by atoms with Crippen molar-refractivity contribution in [3.63, 3.8) is 0 Å². The van der Waals surface area contributed by atoms with Gasteiger partial charge in [0.05, 0.1) is 11.4 Å². The molecule has 4 aromatic carbocycles. The molecule has 6 heteroatoms. The smallest absolute Gasteiger partial charge is 0.142 e. The second-order valence-corrected chi connectivity index (χ2v) is 12.5. The zero-order valence-electron chi connectivity index (χ0n) is 32.1. The van der Waals surface area contributed by atoms with Crippen molar-refractivity contribution in [2.45, 2.75) is 48.5 Å². The van der Waals surface area contributed by atoms with E-state index in [1.807, 2.05) is 137 Å². The highest BCUT2D eigenvalue weighted by Crippen LogP contribution is 2.37. The predicted octanol–water partition coefficient (Wildman–Crippen LogP) is 11.8. The van der Waals surface area contributed by atoms with Crippen LogP contribution in [0.2, 0.25) is 0 Å². The normalized spacial score (nSPS) is 11.7. The molecule has 0 saturated heterocycles. The number of hydrogen-bond acceptors (Lipinski definition) is 4. The molecule has 0 bridgehead atoms. The fourth-order valence-electron chi connectivity index (χ4n) is 5.32. The van der Waals surface area contributed by atoms with Gasteiger partial charge in [-0.15, -0.1) is 0 Å². The standard InChI is InChI=1S/C39H38N6.C4H10.C2H6/c1-8-40-27(2)33-22-14-15-23-34(33)29(4)43-39-36-25-17-16-24-35(36)38(45(39)7)41-26-31-20-12-13-21-32(31)28(3)42-37(44(5)6)30-18-10-9-11-19-30;1-4(2)3;1-2/h8-26H,2-3H2,1,4-7H3;4H,1-3H3;1-2H3/b40-8?,41-26+,42-37?,43-29+;;. The summed E-state index contributed by atoms with van der Waals surface area (Å²) in [6.45, 7) is 22.9. The van der Waals surface area contributed by atoms with E-state index < -0.39 is 0 Å². The summed E-state index contributed by atoms with van der Waals surface area (Å²) in [6, 6.07) is 34.5. The molecule has 51 heavy (non-hydrogen) atoms. The van der Waals surface area contributed by atoms with Gasteiger partial charge in [-0.1, -0.05) is 151 Å². The van der Waals surface area contributed by atoms with E-state index in [0.717, 1.165) is 67.7 Å². The van der Waals surface area contributed by atoms with Crippen molar-refractivity contribution in [3.8, 4) is 0 Å². The number of nitrogens with zero attached hydrogens (tertiary/aromatic N) is 6. The number of benzene rings is 4. The molecule has 0 N–H and O–H groups in total. The molecule has 0 aliphatic heterocycles. The Balaban J connectivity index is 0.00000109. The van der Waals surface area contributed by atoms with Gasteiger partial charge >= 0.3 is 0 Å². The van der Waals surface area contributed by atoms with E-state index in [1.165, 1.54) is 0 Å². The number of aliphatic imine (C=N–C) groups is 4. The molecular weight excluding hydrogens is 625 g/mol. The summed E-state index contributed by atoms with van der Waals surface area (Å²) < 4.78 is 2.04. The maximum absolute atomic E-state index is 5.14. The molecular formula is C45H54N6. The van der Waals surface area contributed by atoms with Gasteiger partial charge in [0.2, 0.25) is 0 Å². The largest absolute Gasteiger partial charge is 0.362 e. The molecule has 5 aromatic rings. The highest BCUT2D eigenvalue weighted by Gasteiger charge is 2.16. The zero-order valence-corrected chi connectivity index (χ0v) is 32.1. The highest BCUT2D eigenvalue weighted by molar-refractivity contribution is 6.08. The van der Waals surface area contributed by atoms with Gasteiger partial charge in [-0.05, 0) is 19.8 Å². The Hall–Kier alpha value is -5.62. The van der Waals surface area contributed by atoms with Gasteiger partial charge in [0.25, 0.3) is 0 Å². The van der Waals surface area contributed by atoms with Crippen LogP contribution in [0.5, 0.6) is 0 Å². The SMILES string of the molecule is C=C(N=C(c1ccccc1)N(C)C)c1ccccc1/C=N/c1c2ccccc2c(/N=C(\C)c2ccccc2C(=C)N=CC)n1C.CC.CC(C)C. The summed E-state index contributed by atoms with van der Waals surface area (Å²) in [6.07, 6.45) is 3.64. The molecule has 0 amide bonds. The van der Waals surface area contributed by atoms with E-state index in [0.29, 0.717) is 11.4 Å². The minimum Gasteiger partial charge on any atom is -0.362 e. The van der Waals surface area contributed by atoms with Crippen molar-refractivity contribution >= 4 is 57.8 Å². The van der Waals surface area contributed by atoms with E-state index in [1.54, 1.807) is 6.21 Å². The average molecular weight is 679 g/mol. The Bertz CT molecular complexity index is 2040. The van der Waals surface area contributed by atoms with Crippen molar-refractivity contribution in [2.75, 3.05) is 14.1 Å². The van der Waals surface area contributed by atoms with Gasteiger partial charge in [-0.25, -0.2) is 15.0 Å². The van der Waals surface area contributed by atoms with Crippen LogP contribution >= 0.6 is 0 Å². The van der Waals surface area contributed by atoms with Crippen LogP contribution in [-0.2, 0) is 7.05 Å². The molecule has 0 spiro atoms. The molecule has 0 unspecified atom stereocenters. The average Bonchev–Trinajstić information content (AvgIpc) is 3.40. The van der Waals surface area contributed by atoms with Gasteiger partial charge in [-0.2, -0.15) is 0 Å². The first-order chi connectivity index (χ1) is 24.5. The lowest BCUT2D eigenvalue weighted by atomic mass is 10.0.